The summed E-state index contributed by atoms with van der Waals surface area (Å²) in [6.07, 6.45) is 0.297. The Hall–Kier alpha value is -1.21. The monoisotopic (exact) mass is 319 g/mol. The first kappa shape index (κ1) is 12.3. The van der Waals surface area contributed by atoms with Crippen LogP contribution in [0.1, 0.15) is 6.42 Å². The highest BCUT2D eigenvalue weighted by Gasteiger charge is 2.34. The van der Waals surface area contributed by atoms with Gasteiger partial charge in [0.1, 0.15) is 5.15 Å². The summed E-state index contributed by atoms with van der Waals surface area (Å²) in [5.41, 5.74) is -0.218. The Morgan fingerprint density at radius 2 is 2.29 bits per heavy atom. The second-order valence-corrected chi connectivity index (χ2v) is 5.22. The summed E-state index contributed by atoms with van der Waals surface area (Å²) in [6.45, 7) is 0.354. The fourth-order valence-corrected chi connectivity index (χ4v) is 2.34. The molecule has 1 fully saturated rings. The lowest BCUT2D eigenvalue weighted by Crippen LogP contribution is -2.26. The zero-order valence-electron chi connectivity index (χ0n) is 8.47. The summed E-state index contributed by atoms with van der Waals surface area (Å²) >= 11 is 9.00. The van der Waals surface area contributed by atoms with Crippen molar-refractivity contribution >= 4 is 44.9 Å². The summed E-state index contributed by atoms with van der Waals surface area (Å²) in [5.74, 6) is -0.195. The zero-order valence-corrected chi connectivity index (χ0v) is 10.8. The van der Waals surface area contributed by atoms with E-state index < -0.39 is 4.92 Å². The van der Waals surface area contributed by atoms with Crippen LogP contribution in [-0.4, -0.2) is 27.2 Å². The van der Waals surface area contributed by atoms with Crippen molar-refractivity contribution in [3.8, 4) is 0 Å². The molecule has 1 aromatic rings. The zero-order chi connectivity index (χ0) is 12.6. The van der Waals surface area contributed by atoms with Gasteiger partial charge in [0.15, 0.2) is 0 Å². The average molecular weight is 321 g/mol. The maximum atomic E-state index is 11.7. The molecule has 1 atom stereocenters. The minimum absolute atomic E-state index is 0.00875. The Labute approximate surface area is 110 Å². The van der Waals surface area contributed by atoms with E-state index in [-0.39, 0.29) is 27.4 Å². The van der Waals surface area contributed by atoms with E-state index in [0.29, 0.717) is 13.0 Å². The van der Waals surface area contributed by atoms with E-state index in [1.54, 1.807) is 0 Å². The van der Waals surface area contributed by atoms with Gasteiger partial charge in [-0.1, -0.05) is 27.5 Å². The van der Waals surface area contributed by atoms with Crippen LogP contribution in [0.15, 0.2) is 12.1 Å². The smallest absolute Gasteiger partial charge is 0.290 e. The van der Waals surface area contributed by atoms with Crippen LogP contribution in [0, 0.1) is 10.1 Å². The summed E-state index contributed by atoms with van der Waals surface area (Å²) in [7, 11) is 0. The Morgan fingerprint density at radius 1 is 1.59 bits per heavy atom. The fraction of sp³-hybridized carbons (Fsp3) is 0.333. The number of anilines is 1. The lowest BCUT2D eigenvalue weighted by molar-refractivity contribution is -0.384. The molecular formula is C9H7BrClN3O3. The quantitative estimate of drug-likeness (QED) is 0.362. The molecule has 1 amide bonds. The molecule has 0 aromatic carbocycles. The van der Waals surface area contributed by atoms with Crippen LogP contribution in [0.5, 0.6) is 0 Å². The molecule has 1 unspecified atom stereocenters. The average Bonchev–Trinajstić information content (AvgIpc) is 2.57. The highest BCUT2D eigenvalue weighted by molar-refractivity contribution is 9.09. The minimum atomic E-state index is -0.576. The molecular weight excluding hydrogens is 313 g/mol. The van der Waals surface area contributed by atoms with Gasteiger partial charge >= 0.3 is 5.69 Å². The molecule has 2 rings (SSSR count). The number of halogens is 2. The molecule has 0 N–H and O–H groups in total. The van der Waals surface area contributed by atoms with Gasteiger partial charge in [0.2, 0.25) is 11.7 Å². The first-order valence-corrected chi connectivity index (χ1v) is 6.04. The van der Waals surface area contributed by atoms with Crippen molar-refractivity contribution in [1.82, 2.24) is 4.98 Å². The first-order chi connectivity index (χ1) is 7.99. The molecule has 17 heavy (non-hydrogen) atoms. The van der Waals surface area contributed by atoms with Crippen LogP contribution in [0.2, 0.25) is 5.15 Å². The third-order valence-electron chi connectivity index (χ3n) is 2.35. The van der Waals surface area contributed by atoms with E-state index in [9.17, 15) is 14.9 Å². The fourth-order valence-electron chi connectivity index (χ4n) is 1.63. The summed E-state index contributed by atoms with van der Waals surface area (Å²) < 4.78 is 0. The number of alkyl halides is 1. The molecule has 0 radical (unpaired) electrons. The van der Waals surface area contributed by atoms with E-state index >= 15 is 0 Å². The molecule has 90 valence electrons. The largest absolute Gasteiger partial charge is 0.312 e. The number of nitro groups is 1. The van der Waals surface area contributed by atoms with Gasteiger partial charge in [-0.3, -0.25) is 19.8 Å². The lowest BCUT2D eigenvalue weighted by Gasteiger charge is -2.14. The Bertz CT molecular complexity index is 496. The molecule has 1 aromatic heterocycles. The Kier molecular flexibility index (Phi) is 3.30. The van der Waals surface area contributed by atoms with Crippen LogP contribution in [0.25, 0.3) is 0 Å². The van der Waals surface area contributed by atoms with Crippen molar-refractivity contribution < 1.29 is 9.72 Å². The summed E-state index contributed by atoms with van der Waals surface area (Å²) in [5, 5.41) is 11.0. The number of hydrogen-bond acceptors (Lipinski definition) is 4. The van der Waals surface area contributed by atoms with Gasteiger partial charge in [-0.2, -0.15) is 0 Å². The van der Waals surface area contributed by atoms with E-state index in [1.165, 1.54) is 17.0 Å². The molecule has 1 aliphatic heterocycles. The van der Waals surface area contributed by atoms with E-state index in [1.807, 2.05) is 0 Å². The molecule has 0 spiro atoms. The predicted molar refractivity (Wildman–Crippen MR) is 65.6 cm³/mol. The van der Waals surface area contributed by atoms with Crippen molar-refractivity contribution in [1.29, 1.82) is 0 Å². The van der Waals surface area contributed by atoms with Gasteiger partial charge in [-0.25, -0.2) is 4.98 Å². The second kappa shape index (κ2) is 4.58. The Morgan fingerprint density at radius 3 is 2.82 bits per heavy atom. The van der Waals surface area contributed by atoms with Gasteiger partial charge < -0.3 is 0 Å². The number of carbonyl (C=O) groups is 1. The van der Waals surface area contributed by atoms with E-state index in [2.05, 4.69) is 20.9 Å². The van der Waals surface area contributed by atoms with Crippen molar-refractivity contribution in [2.75, 3.05) is 11.4 Å². The van der Waals surface area contributed by atoms with Gasteiger partial charge in [0, 0.05) is 23.9 Å². The number of hydrogen-bond donors (Lipinski definition) is 0. The highest BCUT2D eigenvalue weighted by atomic mass is 79.9. The standard InChI is InChI=1S/C9H7BrClN3O3/c10-5-3-8(15)13(4-5)9-6(14(16)17)1-2-7(11)12-9/h1-2,5H,3-4H2. The number of rotatable bonds is 2. The van der Waals surface area contributed by atoms with Gasteiger partial charge in [-0.05, 0) is 6.07 Å². The molecule has 6 nitrogen and oxygen atoms in total. The maximum Gasteiger partial charge on any atom is 0.312 e. The summed E-state index contributed by atoms with van der Waals surface area (Å²) in [4.78, 5) is 27.1. The number of pyridine rings is 1. The molecule has 0 aliphatic carbocycles. The molecule has 1 aliphatic rings. The van der Waals surface area contributed by atoms with Crippen LogP contribution < -0.4 is 4.90 Å². The normalized spacial score (nSPS) is 19.8. The maximum absolute atomic E-state index is 11.7. The highest BCUT2D eigenvalue weighted by Crippen LogP contribution is 2.32. The van der Waals surface area contributed by atoms with E-state index in [4.69, 9.17) is 11.6 Å². The SMILES string of the molecule is O=C1CC(Br)CN1c1nc(Cl)ccc1[N+](=O)[O-]. The molecule has 0 saturated carbocycles. The van der Waals surface area contributed by atoms with E-state index in [0.717, 1.165) is 0 Å². The second-order valence-electron chi connectivity index (χ2n) is 3.54. The lowest BCUT2D eigenvalue weighted by atomic mass is 10.3. The van der Waals surface area contributed by atoms with Crippen molar-refractivity contribution in [3.05, 3.63) is 27.4 Å². The van der Waals surface area contributed by atoms with Gasteiger partial charge in [-0.15, -0.1) is 0 Å². The summed E-state index contributed by atoms with van der Waals surface area (Å²) in [6, 6.07) is 2.58. The van der Waals surface area contributed by atoms with Crippen LogP contribution in [-0.2, 0) is 4.79 Å². The van der Waals surface area contributed by atoms with Crippen LogP contribution in [0.3, 0.4) is 0 Å². The number of carbonyl (C=O) groups excluding carboxylic acids is 1. The molecule has 1 saturated heterocycles. The Balaban J connectivity index is 2.46. The number of amides is 1. The minimum Gasteiger partial charge on any atom is -0.290 e. The topological polar surface area (TPSA) is 76.3 Å². The van der Waals surface area contributed by atoms with Gasteiger partial charge in [0.05, 0.1) is 4.92 Å². The molecule has 0 bridgehead atoms. The third kappa shape index (κ3) is 2.39. The number of aromatic nitrogens is 1. The number of nitrogens with zero attached hydrogens (tertiary/aromatic N) is 3. The first-order valence-electron chi connectivity index (χ1n) is 4.74. The van der Waals surface area contributed by atoms with Crippen LogP contribution >= 0.6 is 27.5 Å². The van der Waals surface area contributed by atoms with Gasteiger partial charge in [0.25, 0.3) is 0 Å². The molecule has 2 heterocycles. The van der Waals surface area contributed by atoms with Crippen LogP contribution in [0.4, 0.5) is 11.5 Å². The van der Waals surface area contributed by atoms with Crippen molar-refractivity contribution in [2.45, 2.75) is 11.2 Å². The third-order valence-corrected chi connectivity index (χ3v) is 3.17. The predicted octanol–water partition coefficient (Wildman–Crippen LogP) is 2.14. The van der Waals surface area contributed by atoms with Crippen molar-refractivity contribution in [2.24, 2.45) is 0 Å². The van der Waals surface area contributed by atoms with Crippen molar-refractivity contribution in [3.63, 3.8) is 0 Å². The molecule has 8 heteroatoms.